The first-order chi connectivity index (χ1) is 8.67. The molecule has 4 unspecified atom stereocenters. The summed E-state index contributed by atoms with van der Waals surface area (Å²) in [7, 11) is -7.12. The maximum absolute atomic E-state index is 12.3. The quantitative estimate of drug-likeness (QED) is 0.695. The van der Waals surface area contributed by atoms with Crippen LogP contribution in [0.5, 0.6) is 0 Å². The van der Waals surface area contributed by atoms with Gasteiger partial charge in [0.15, 0.2) is 9.84 Å². The molecule has 118 valence electrons. The smallest absolute Gasteiger partial charge is 0.225 e. The Kier molecular flexibility index (Phi) is 5.60. The van der Waals surface area contributed by atoms with Crippen molar-refractivity contribution in [2.45, 2.75) is 40.7 Å². The van der Waals surface area contributed by atoms with Crippen LogP contribution in [0, 0.1) is 0 Å². The van der Waals surface area contributed by atoms with Crippen molar-refractivity contribution < 1.29 is 16.8 Å². The lowest BCUT2D eigenvalue weighted by Crippen LogP contribution is -2.46. The highest BCUT2D eigenvalue weighted by Crippen LogP contribution is 2.45. The van der Waals surface area contributed by atoms with Gasteiger partial charge < -0.3 is 5.32 Å². The summed E-state index contributed by atoms with van der Waals surface area (Å²) in [6.45, 7) is 4.30. The highest BCUT2D eigenvalue weighted by Gasteiger charge is 2.49. The summed E-state index contributed by atoms with van der Waals surface area (Å²) < 4.78 is 45.7. The molecule has 1 saturated heterocycles. The molecule has 0 saturated carbocycles. The normalized spacial score (nSPS) is 35.9. The van der Waals surface area contributed by atoms with Crippen LogP contribution in [0.15, 0.2) is 11.6 Å². The van der Waals surface area contributed by atoms with Gasteiger partial charge in [0.1, 0.15) is 9.16 Å². The average Bonchev–Trinajstić information content (AvgIpc) is 2.72. The summed E-state index contributed by atoms with van der Waals surface area (Å²) in [5.41, 5.74) is 0.643. The molecule has 0 aromatic carbocycles. The van der Waals surface area contributed by atoms with Gasteiger partial charge in [-0.05, 0) is 25.5 Å². The Balaban J connectivity index is 0.00000200. The lowest BCUT2D eigenvalue weighted by molar-refractivity contribution is 0.501. The molecule has 2 aliphatic rings. The fourth-order valence-corrected chi connectivity index (χ4v) is 7.90. The fourth-order valence-electron chi connectivity index (χ4n) is 2.46. The number of nitrogens with one attached hydrogen (secondary N) is 1. The second-order valence-corrected chi connectivity index (χ2v) is 10.8. The molecule has 0 radical (unpaired) electrons. The summed E-state index contributed by atoms with van der Waals surface area (Å²) in [6, 6.07) is -0.0900. The van der Waals surface area contributed by atoms with Crippen molar-refractivity contribution in [1.82, 2.24) is 5.32 Å². The van der Waals surface area contributed by atoms with E-state index in [2.05, 4.69) is 5.32 Å². The summed E-state index contributed by atoms with van der Waals surface area (Å²) in [5.74, 6) is 0. The lowest BCUT2D eigenvalue weighted by atomic mass is 10.0. The van der Waals surface area contributed by atoms with Gasteiger partial charge in [-0.25, -0.2) is 22.0 Å². The van der Waals surface area contributed by atoms with Crippen molar-refractivity contribution in [3.63, 3.8) is 0 Å². The third-order valence-corrected chi connectivity index (χ3v) is 9.63. The Morgan fingerprint density at radius 1 is 1.50 bits per heavy atom. The zero-order valence-electron chi connectivity index (χ0n) is 11.1. The molecule has 2 heterocycles. The summed E-state index contributed by atoms with van der Waals surface area (Å²) in [4.78, 5) is 0. The number of hydrogen-bond acceptors (Lipinski definition) is 6. The minimum Gasteiger partial charge on any atom is -0.310 e. The largest absolute Gasteiger partial charge is 0.310 e. The number of fused-ring (bicyclic) bond motifs is 1. The van der Waals surface area contributed by atoms with Crippen molar-refractivity contribution >= 4 is 44.0 Å². The molecule has 0 amide bonds. The maximum Gasteiger partial charge on any atom is 0.225 e. The Bertz CT molecular complexity index is 602. The molecule has 0 aromatic heterocycles. The van der Waals surface area contributed by atoms with E-state index < -0.39 is 34.3 Å². The summed E-state index contributed by atoms with van der Waals surface area (Å²) in [6.07, 6.45) is 1.97. The number of nitrogens with two attached hydrogens (primary N) is 1. The van der Waals surface area contributed by atoms with Crippen molar-refractivity contribution in [3.05, 3.63) is 11.6 Å². The number of hydrogen-bond donors (Lipinski definition) is 2. The van der Waals surface area contributed by atoms with Gasteiger partial charge in [-0.3, -0.25) is 0 Å². The predicted molar refractivity (Wildman–Crippen MR) is 84.1 cm³/mol. The molecule has 20 heavy (non-hydrogen) atoms. The SMILES string of the molecule is CCNC1CC(C)S(=O)(=O)C2SC(S(N)(=O)=O)C=C12.Cl. The molecule has 0 aromatic rings. The lowest BCUT2D eigenvalue weighted by Gasteiger charge is -2.33. The van der Waals surface area contributed by atoms with Crippen LogP contribution >= 0.6 is 24.2 Å². The summed E-state index contributed by atoms with van der Waals surface area (Å²) >= 11 is 0.908. The number of thioether (sulfide) groups is 1. The molecular weight excluding hydrogens is 344 g/mol. The van der Waals surface area contributed by atoms with Crippen LogP contribution in [0.3, 0.4) is 0 Å². The minimum atomic E-state index is -3.77. The van der Waals surface area contributed by atoms with Crippen LogP contribution in [0.25, 0.3) is 0 Å². The van der Waals surface area contributed by atoms with Gasteiger partial charge in [-0.1, -0.05) is 13.0 Å². The van der Waals surface area contributed by atoms with Gasteiger partial charge in [-0.15, -0.1) is 24.2 Å². The molecule has 2 aliphatic heterocycles. The van der Waals surface area contributed by atoms with E-state index >= 15 is 0 Å². The van der Waals surface area contributed by atoms with Gasteiger partial charge in [0.2, 0.25) is 10.0 Å². The van der Waals surface area contributed by atoms with E-state index in [-0.39, 0.29) is 18.4 Å². The van der Waals surface area contributed by atoms with E-state index in [4.69, 9.17) is 5.14 Å². The van der Waals surface area contributed by atoms with E-state index in [1.807, 2.05) is 6.92 Å². The van der Waals surface area contributed by atoms with Crippen LogP contribution in [-0.4, -0.2) is 43.8 Å². The molecule has 1 fully saturated rings. The number of halogens is 1. The van der Waals surface area contributed by atoms with Crippen molar-refractivity contribution in [2.24, 2.45) is 5.14 Å². The zero-order valence-corrected chi connectivity index (χ0v) is 14.4. The first kappa shape index (κ1) is 18.2. The van der Waals surface area contributed by atoms with Gasteiger partial charge in [-0.2, -0.15) is 0 Å². The molecule has 10 heteroatoms. The van der Waals surface area contributed by atoms with Gasteiger partial charge in [0, 0.05) is 6.04 Å². The molecule has 6 nitrogen and oxygen atoms in total. The molecule has 3 N–H and O–H groups in total. The fraction of sp³-hybridized carbons (Fsp3) is 0.800. The number of sulfone groups is 1. The highest BCUT2D eigenvalue weighted by molar-refractivity contribution is 8.20. The maximum atomic E-state index is 12.3. The van der Waals surface area contributed by atoms with E-state index in [0.29, 0.717) is 18.5 Å². The van der Waals surface area contributed by atoms with Crippen molar-refractivity contribution in [3.8, 4) is 0 Å². The van der Waals surface area contributed by atoms with Gasteiger partial charge >= 0.3 is 0 Å². The van der Waals surface area contributed by atoms with Crippen LogP contribution in [0.4, 0.5) is 0 Å². The zero-order chi connectivity index (χ0) is 14.4. The standard InChI is InChI=1S/C10H18N2O4S3.ClH/c1-3-12-8-4-6(2)18(13,14)10-7(8)5-9(17-10)19(11,15)16;/h5-6,8-10,12H,3-4H2,1-2H3,(H2,11,15,16);1H. The van der Waals surface area contributed by atoms with E-state index in [1.54, 1.807) is 6.92 Å². The molecule has 4 atom stereocenters. The topological polar surface area (TPSA) is 106 Å². The van der Waals surface area contributed by atoms with Crippen LogP contribution in [0.1, 0.15) is 20.3 Å². The number of rotatable bonds is 3. The third-order valence-electron chi connectivity index (χ3n) is 3.46. The molecule has 0 spiro atoms. The van der Waals surface area contributed by atoms with E-state index in [9.17, 15) is 16.8 Å². The third kappa shape index (κ3) is 3.17. The van der Waals surface area contributed by atoms with E-state index in [0.717, 1.165) is 11.8 Å². The minimum absolute atomic E-state index is 0. The second kappa shape index (κ2) is 6.13. The van der Waals surface area contributed by atoms with Gasteiger partial charge in [0.05, 0.1) is 5.25 Å². The molecule has 0 bridgehead atoms. The highest BCUT2D eigenvalue weighted by atomic mass is 35.5. The Hall–Kier alpha value is 0.200. The van der Waals surface area contributed by atoms with Crippen LogP contribution in [0.2, 0.25) is 0 Å². The van der Waals surface area contributed by atoms with Crippen molar-refractivity contribution in [1.29, 1.82) is 0 Å². The second-order valence-electron chi connectivity index (χ2n) is 4.84. The Morgan fingerprint density at radius 3 is 2.60 bits per heavy atom. The number of primary sulfonamides is 1. The number of likely N-dealkylation sites (N-methyl/N-ethyl adjacent to an activating group) is 1. The average molecular weight is 363 g/mol. The first-order valence-corrected chi connectivity index (χ1v) is 10.2. The monoisotopic (exact) mass is 362 g/mol. The first-order valence-electron chi connectivity index (χ1n) is 6.02. The molecule has 0 aliphatic carbocycles. The van der Waals surface area contributed by atoms with Crippen molar-refractivity contribution in [2.75, 3.05) is 6.54 Å². The van der Waals surface area contributed by atoms with Gasteiger partial charge in [0.25, 0.3) is 0 Å². The molecule has 2 rings (SSSR count). The Morgan fingerprint density at radius 2 is 2.10 bits per heavy atom. The van der Waals surface area contributed by atoms with Crippen LogP contribution in [-0.2, 0) is 19.9 Å². The van der Waals surface area contributed by atoms with Crippen LogP contribution < -0.4 is 10.5 Å². The molecular formula is C10H19ClN2O4S3. The summed E-state index contributed by atoms with van der Waals surface area (Å²) in [5, 5.41) is 7.86. The Labute approximate surface area is 130 Å². The predicted octanol–water partition coefficient (Wildman–Crippen LogP) is 0.207. The van der Waals surface area contributed by atoms with E-state index in [1.165, 1.54) is 6.08 Å². The number of sulfonamides is 1.